The number of aliphatic hydroxyl groups is 1. The maximum Gasteiger partial charge on any atom is 0.187 e. The molecule has 0 bridgehead atoms. The Balaban J connectivity index is 2.33. The first-order chi connectivity index (χ1) is 8.76. The molecule has 102 valence electrons. The zero-order chi connectivity index (χ0) is 14.2. The molecule has 0 spiro atoms. The molecule has 0 aliphatic heterocycles. The summed E-state index contributed by atoms with van der Waals surface area (Å²) in [5.41, 5.74) is -0.161. The summed E-state index contributed by atoms with van der Waals surface area (Å²) in [5.74, 6) is -3.04. The predicted octanol–water partition coefficient (Wildman–Crippen LogP) is 2.30. The number of aromatic nitrogens is 2. The van der Waals surface area contributed by atoms with Gasteiger partial charge in [-0.25, -0.2) is 8.78 Å². The first kappa shape index (κ1) is 13.5. The highest BCUT2D eigenvalue weighted by Gasteiger charge is 2.16. The molecule has 0 saturated carbocycles. The van der Waals surface area contributed by atoms with Crippen LogP contribution in [0.25, 0.3) is 11.1 Å². The fourth-order valence-electron chi connectivity index (χ4n) is 1.73. The standard InChI is InChI=1S/C13H14F2N2O2/c1-13(2,19)7-17-6-9(5-16-17)8-3-10(14)12(18)11(15)4-8/h3-6,18-19H,7H2,1-2H3. The predicted molar refractivity (Wildman–Crippen MR) is 65.5 cm³/mol. The van der Waals surface area contributed by atoms with Crippen molar-refractivity contribution in [3.05, 3.63) is 36.2 Å². The van der Waals surface area contributed by atoms with Crippen LogP contribution in [0.2, 0.25) is 0 Å². The summed E-state index contributed by atoms with van der Waals surface area (Å²) in [7, 11) is 0. The van der Waals surface area contributed by atoms with Crippen LogP contribution in [0.4, 0.5) is 8.78 Å². The maximum absolute atomic E-state index is 13.2. The molecule has 19 heavy (non-hydrogen) atoms. The molecule has 0 aliphatic carbocycles. The topological polar surface area (TPSA) is 58.3 Å². The van der Waals surface area contributed by atoms with Crippen LogP contribution >= 0.6 is 0 Å². The van der Waals surface area contributed by atoms with Gasteiger partial charge in [-0.2, -0.15) is 5.10 Å². The number of phenols is 1. The smallest absolute Gasteiger partial charge is 0.187 e. The van der Waals surface area contributed by atoms with E-state index in [-0.39, 0.29) is 12.1 Å². The molecule has 2 aromatic rings. The van der Waals surface area contributed by atoms with E-state index in [9.17, 15) is 13.9 Å². The number of phenolic OH excluding ortho intramolecular Hbond substituents is 1. The SMILES string of the molecule is CC(C)(O)Cn1cc(-c2cc(F)c(O)c(F)c2)cn1. The van der Waals surface area contributed by atoms with Crippen LogP contribution in [0.3, 0.4) is 0 Å². The van der Waals surface area contributed by atoms with Gasteiger partial charge in [0.2, 0.25) is 0 Å². The molecule has 1 aromatic heterocycles. The van der Waals surface area contributed by atoms with Crippen molar-refractivity contribution >= 4 is 0 Å². The van der Waals surface area contributed by atoms with E-state index < -0.39 is 23.0 Å². The summed E-state index contributed by atoms with van der Waals surface area (Å²) in [5, 5.41) is 22.7. The lowest BCUT2D eigenvalue weighted by atomic mass is 10.1. The molecule has 0 unspecified atom stereocenters. The highest BCUT2D eigenvalue weighted by molar-refractivity contribution is 5.63. The van der Waals surface area contributed by atoms with Crippen molar-refractivity contribution < 1.29 is 19.0 Å². The molecule has 6 heteroatoms. The van der Waals surface area contributed by atoms with E-state index in [0.29, 0.717) is 5.56 Å². The molecule has 2 N–H and O–H groups in total. The summed E-state index contributed by atoms with van der Waals surface area (Å²) in [6, 6.07) is 2.06. The second-order valence-corrected chi connectivity index (χ2v) is 5.03. The Kier molecular flexibility index (Phi) is 3.28. The second-order valence-electron chi connectivity index (χ2n) is 5.03. The van der Waals surface area contributed by atoms with Crippen LogP contribution in [0, 0.1) is 11.6 Å². The van der Waals surface area contributed by atoms with Gasteiger partial charge >= 0.3 is 0 Å². The van der Waals surface area contributed by atoms with Gasteiger partial charge in [-0.15, -0.1) is 0 Å². The highest BCUT2D eigenvalue weighted by Crippen LogP contribution is 2.27. The molecule has 0 atom stereocenters. The Labute approximate surface area is 108 Å². The second kappa shape index (κ2) is 4.62. The van der Waals surface area contributed by atoms with E-state index in [2.05, 4.69) is 5.10 Å². The van der Waals surface area contributed by atoms with Gasteiger partial charge in [-0.05, 0) is 31.5 Å². The number of hydrogen-bond acceptors (Lipinski definition) is 3. The van der Waals surface area contributed by atoms with Gasteiger partial charge in [0, 0.05) is 11.8 Å². The van der Waals surface area contributed by atoms with Crippen molar-refractivity contribution in [1.29, 1.82) is 0 Å². The third-order valence-corrected chi connectivity index (χ3v) is 2.53. The Bertz CT molecular complexity index is 580. The van der Waals surface area contributed by atoms with Crippen molar-refractivity contribution in [3.8, 4) is 16.9 Å². The normalized spacial score (nSPS) is 11.8. The largest absolute Gasteiger partial charge is 0.503 e. The number of hydrogen-bond donors (Lipinski definition) is 2. The summed E-state index contributed by atoms with van der Waals surface area (Å²) < 4.78 is 28.0. The zero-order valence-electron chi connectivity index (χ0n) is 10.6. The third-order valence-electron chi connectivity index (χ3n) is 2.53. The molecule has 0 radical (unpaired) electrons. The zero-order valence-corrected chi connectivity index (χ0v) is 10.6. The Hall–Kier alpha value is -1.95. The number of halogens is 2. The van der Waals surface area contributed by atoms with E-state index in [1.54, 1.807) is 20.0 Å². The van der Waals surface area contributed by atoms with Crippen LogP contribution < -0.4 is 0 Å². The Morgan fingerprint density at radius 3 is 2.32 bits per heavy atom. The van der Waals surface area contributed by atoms with E-state index in [1.165, 1.54) is 10.9 Å². The lowest BCUT2D eigenvalue weighted by molar-refractivity contribution is 0.0577. The molecule has 2 rings (SSSR count). The van der Waals surface area contributed by atoms with E-state index >= 15 is 0 Å². The Morgan fingerprint density at radius 1 is 1.21 bits per heavy atom. The first-order valence-corrected chi connectivity index (χ1v) is 5.69. The molecule has 1 heterocycles. The summed E-state index contributed by atoms with van der Waals surface area (Å²) in [4.78, 5) is 0. The summed E-state index contributed by atoms with van der Waals surface area (Å²) in [6.45, 7) is 3.53. The van der Waals surface area contributed by atoms with Crippen molar-refractivity contribution in [2.24, 2.45) is 0 Å². The number of nitrogens with zero attached hydrogens (tertiary/aromatic N) is 2. The molecule has 1 aromatic carbocycles. The molecule has 0 saturated heterocycles. The fraction of sp³-hybridized carbons (Fsp3) is 0.308. The van der Waals surface area contributed by atoms with Gasteiger partial charge in [-0.1, -0.05) is 0 Å². The highest BCUT2D eigenvalue weighted by atomic mass is 19.1. The van der Waals surface area contributed by atoms with Crippen molar-refractivity contribution in [1.82, 2.24) is 9.78 Å². The van der Waals surface area contributed by atoms with Gasteiger partial charge in [0.25, 0.3) is 0 Å². The number of benzene rings is 1. The molecule has 0 aliphatic rings. The number of aromatic hydroxyl groups is 1. The van der Waals surface area contributed by atoms with E-state index in [4.69, 9.17) is 5.11 Å². The van der Waals surface area contributed by atoms with Crippen LogP contribution in [-0.4, -0.2) is 25.6 Å². The summed E-state index contributed by atoms with van der Waals surface area (Å²) >= 11 is 0. The van der Waals surface area contributed by atoms with Crippen molar-refractivity contribution in [2.45, 2.75) is 26.0 Å². The average molecular weight is 268 g/mol. The van der Waals surface area contributed by atoms with Crippen LogP contribution in [0.15, 0.2) is 24.5 Å². The average Bonchev–Trinajstić information content (AvgIpc) is 2.71. The van der Waals surface area contributed by atoms with Crippen LogP contribution in [-0.2, 0) is 6.54 Å². The first-order valence-electron chi connectivity index (χ1n) is 5.69. The van der Waals surface area contributed by atoms with Crippen LogP contribution in [0.5, 0.6) is 5.75 Å². The molecule has 0 amide bonds. The lowest BCUT2D eigenvalue weighted by Gasteiger charge is -2.16. The van der Waals surface area contributed by atoms with Crippen LogP contribution in [0.1, 0.15) is 13.8 Å². The van der Waals surface area contributed by atoms with Gasteiger partial charge in [-0.3, -0.25) is 4.68 Å². The fourth-order valence-corrected chi connectivity index (χ4v) is 1.73. The third kappa shape index (κ3) is 3.08. The van der Waals surface area contributed by atoms with E-state index in [1.807, 2.05) is 0 Å². The monoisotopic (exact) mass is 268 g/mol. The maximum atomic E-state index is 13.2. The van der Waals surface area contributed by atoms with Crippen molar-refractivity contribution in [3.63, 3.8) is 0 Å². The summed E-state index contributed by atoms with van der Waals surface area (Å²) in [6.07, 6.45) is 3.01. The quantitative estimate of drug-likeness (QED) is 0.898. The minimum Gasteiger partial charge on any atom is -0.503 e. The molecular weight excluding hydrogens is 254 g/mol. The minimum absolute atomic E-state index is 0.260. The van der Waals surface area contributed by atoms with Gasteiger partial charge in [0.15, 0.2) is 17.4 Å². The minimum atomic E-state index is -1.02. The van der Waals surface area contributed by atoms with Gasteiger partial charge in [0.05, 0.1) is 18.3 Å². The van der Waals surface area contributed by atoms with Crippen molar-refractivity contribution in [2.75, 3.05) is 0 Å². The Morgan fingerprint density at radius 2 is 1.79 bits per heavy atom. The molecule has 0 fully saturated rings. The van der Waals surface area contributed by atoms with Gasteiger partial charge in [0.1, 0.15) is 0 Å². The number of rotatable bonds is 3. The molecular formula is C13H14F2N2O2. The van der Waals surface area contributed by atoms with Gasteiger partial charge < -0.3 is 10.2 Å². The van der Waals surface area contributed by atoms with E-state index in [0.717, 1.165) is 12.1 Å². The molecule has 4 nitrogen and oxygen atoms in total. The lowest BCUT2D eigenvalue weighted by Crippen LogP contribution is -2.26.